The first-order valence-corrected chi connectivity index (χ1v) is 7.78. The van der Waals surface area contributed by atoms with Crippen LogP contribution in [-0.2, 0) is 9.05 Å². The summed E-state index contributed by atoms with van der Waals surface area (Å²) in [5, 5.41) is 0. The molecule has 1 aromatic rings. The topological polar surface area (TPSA) is 47.0 Å². The van der Waals surface area contributed by atoms with Crippen LogP contribution in [0, 0.1) is 7.27 Å². The second-order valence-electron chi connectivity index (χ2n) is 2.38. The molecule has 0 unspecified atom stereocenters. The van der Waals surface area contributed by atoms with Gasteiger partial charge >= 0.3 is 0 Å². The molecule has 1 rings (SSSR count). The monoisotopic (exact) mass is 479 g/mol. The van der Waals surface area contributed by atoms with Gasteiger partial charge in [0.15, 0.2) is 0 Å². The van der Waals surface area contributed by atoms with Crippen LogP contribution in [0.4, 0.5) is 8.78 Å². The summed E-state index contributed by atoms with van der Waals surface area (Å²) in [7, 11) is 0.896. The molecule has 9 heteroatoms. The predicted octanol–water partition coefficient (Wildman–Crippen LogP) is 3.16. The zero-order chi connectivity index (χ0) is 11.8. The molecule has 0 radical (unpaired) electrons. The van der Waals surface area contributed by atoms with Crippen molar-refractivity contribution in [2.45, 2.75) is 11.3 Å². The normalized spacial score (nSPS) is 12.1. The molecule has 0 aliphatic rings. The molecular formula is C6H2ClF2I2NO2S. The first kappa shape index (κ1) is 13.8. The molecule has 0 fully saturated rings. The Morgan fingerprint density at radius 3 is 2.27 bits per heavy atom. The minimum Gasteiger partial charge on any atom is -0.249 e. The standard InChI is InChI=1S/C6H2ClF2I2NO2S/c7-15(13,14)4-2(10)1-12-6(11)3(4)5(8)9/h1,5H. The van der Waals surface area contributed by atoms with E-state index in [0.717, 1.165) is 0 Å². The fraction of sp³-hybridized carbons (Fsp3) is 0.167. The number of hydrogen-bond acceptors (Lipinski definition) is 3. The van der Waals surface area contributed by atoms with Crippen LogP contribution >= 0.6 is 55.9 Å². The number of alkyl halides is 2. The van der Waals surface area contributed by atoms with E-state index in [1.807, 2.05) is 0 Å². The molecule has 3 nitrogen and oxygen atoms in total. The fourth-order valence-electron chi connectivity index (χ4n) is 0.901. The summed E-state index contributed by atoms with van der Waals surface area (Å²) in [5.41, 5.74) is -0.641. The van der Waals surface area contributed by atoms with Gasteiger partial charge in [-0.2, -0.15) is 0 Å². The lowest BCUT2D eigenvalue weighted by Crippen LogP contribution is -2.06. The molecule has 0 bridgehead atoms. The molecule has 0 atom stereocenters. The minimum atomic E-state index is -4.19. The Balaban J connectivity index is 3.68. The highest BCUT2D eigenvalue weighted by Gasteiger charge is 2.27. The second kappa shape index (κ2) is 4.92. The van der Waals surface area contributed by atoms with E-state index < -0.39 is 25.9 Å². The molecule has 0 aliphatic carbocycles. The van der Waals surface area contributed by atoms with Crippen molar-refractivity contribution in [3.8, 4) is 0 Å². The van der Waals surface area contributed by atoms with E-state index in [4.69, 9.17) is 10.7 Å². The van der Waals surface area contributed by atoms with Crippen LogP contribution in [-0.4, -0.2) is 13.4 Å². The molecule has 0 spiro atoms. The highest BCUT2D eigenvalue weighted by molar-refractivity contribution is 14.1. The third-order valence-electron chi connectivity index (χ3n) is 1.44. The Bertz CT molecular complexity index is 494. The van der Waals surface area contributed by atoms with Gasteiger partial charge in [0.25, 0.3) is 15.5 Å². The van der Waals surface area contributed by atoms with Crippen LogP contribution < -0.4 is 0 Å². The van der Waals surface area contributed by atoms with Gasteiger partial charge in [-0.1, -0.05) is 0 Å². The maximum absolute atomic E-state index is 12.6. The summed E-state index contributed by atoms with van der Waals surface area (Å²) in [6.07, 6.45) is -1.74. The highest BCUT2D eigenvalue weighted by Crippen LogP contribution is 2.34. The quantitative estimate of drug-likeness (QED) is 0.372. The van der Waals surface area contributed by atoms with E-state index in [2.05, 4.69) is 4.98 Å². The zero-order valence-corrected chi connectivity index (χ0v) is 12.6. The summed E-state index contributed by atoms with van der Waals surface area (Å²) < 4.78 is 47.5. The van der Waals surface area contributed by atoms with E-state index in [1.165, 1.54) is 6.20 Å². The molecule has 15 heavy (non-hydrogen) atoms. The van der Waals surface area contributed by atoms with Crippen molar-refractivity contribution in [3.63, 3.8) is 0 Å². The third kappa shape index (κ3) is 3.09. The molecule has 1 heterocycles. The number of halogens is 5. The van der Waals surface area contributed by atoms with Crippen LogP contribution in [0.1, 0.15) is 12.0 Å². The summed E-state index contributed by atoms with van der Waals surface area (Å²) in [6.45, 7) is 0. The van der Waals surface area contributed by atoms with Crippen LogP contribution in [0.3, 0.4) is 0 Å². The van der Waals surface area contributed by atoms with E-state index in [0.29, 0.717) is 0 Å². The van der Waals surface area contributed by atoms with Crippen molar-refractivity contribution in [2.24, 2.45) is 0 Å². The maximum Gasteiger partial charge on any atom is 0.267 e. The molecular weight excluding hydrogens is 477 g/mol. The van der Waals surface area contributed by atoms with Crippen molar-refractivity contribution < 1.29 is 17.2 Å². The molecule has 0 saturated carbocycles. The van der Waals surface area contributed by atoms with E-state index in [-0.39, 0.29) is 7.27 Å². The largest absolute Gasteiger partial charge is 0.267 e. The van der Waals surface area contributed by atoms with Crippen LogP contribution in [0.15, 0.2) is 11.1 Å². The van der Waals surface area contributed by atoms with Crippen LogP contribution in [0.25, 0.3) is 0 Å². The van der Waals surface area contributed by atoms with Crippen molar-refractivity contribution in [1.29, 1.82) is 0 Å². The smallest absolute Gasteiger partial charge is 0.249 e. The Kier molecular flexibility index (Phi) is 4.52. The van der Waals surface area contributed by atoms with E-state index in [9.17, 15) is 17.2 Å². The lowest BCUT2D eigenvalue weighted by molar-refractivity contribution is 0.146. The zero-order valence-electron chi connectivity index (χ0n) is 6.72. The van der Waals surface area contributed by atoms with Gasteiger partial charge in [-0.25, -0.2) is 22.2 Å². The Labute approximate surface area is 116 Å². The number of aromatic nitrogens is 1. The van der Waals surface area contributed by atoms with Crippen molar-refractivity contribution in [3.05, 3.63) is 19.0 Å². The Hall–Kier alpha value is 0.710. The van der Waals surface area contributed by atoms with Gasteiger partial charge in [0.1, 0.15) is 8.60 Å². The average molecular weight is 479 g/mol. The molecule has 0 saturated heterocycles. The molecule has 0 amide bonds. The molecule has 1 aromatic heterocycles. The Morgan fingerprint density at radius 1 is 1.40 bits per heavy atom. The molecule has 84 valence electrons. The predicted molar refractivity (Wildman–Crippen MR) is 67.7 cm³/mol. The van der Waals surface area contributed by atoms with Gasteiger partial charge in [-0.05, 0) is 45.2 Å². The first-order chi connectivity index (χ1) is 6.75. The fourth-order valence-corrected chi connectivity index (χ4v) is 4.65. The summed E-state index contributed by atoms with van der Waals surface area (Å²) in [5.74, 6) is 0. The lowest BCUT2D eigenvalue weighted by atomic mass is 10.3. The van der Waals surface area contributed by atoms with E-state index in [1.54, 1.807) is 45.2 Å². The SMILES string of the molecule is O=S(=O)(Cl)c1c(I)cnc(I)c1C(F)F. The van der Waals surface area contributed by atoms with Crippen molar-refractivity contribution in [2.75, 3.05) is 0 Å². The second-order valence-corrected chi connectivity index (χ2v) is 7.07. The van der Waals surface area contributed by atoms with Gasteiger partial charge in [0.05, 0.1) is 9.13 Å². The van der Waals surface area contributed by atoms with E-state index >= 15 is 0 Å². The van der Waals surface area contributed by atoms with Gasteiger partial charge in [0.2, 0.25) is 0 Å². The number of hydrogen-bond donors (Lipinski definition) is 0. The summed E-state index contributed by atoms with van der Waals surface area (Å²) in [4.78, 5) is 3.09. The van der Waals surface area contributed by atoms with Gasteiger partial charge < -0.3 is 0 Å². The van der Waals surface area contributed by atoms with Gasteiger partial charge in [-0.15, -0.1) is 0 Å². The first-order valence-electron chi connectivity index (χ1n) is 3.32. The summed E-state index contributed by atoms with van der Waals surface area (Å²) >= 11 is 3.14. The number of rotatable bonds is 2. The third-order valence-corrected chi connectivity index (χ3v) is 4.87. The van der Waals surface area contributed by atoms with Gasteiger partial charge in [0, 0.05) is 16.9 Å². The molecule has 0 aliphatic heterocycles. The van der Waals surface area contributed by atoms with Crippen LogP contribution in [0.2, 0.25) is 0 Å². The average Bonchev–Trinajstić information content (AvgIpc) is 2.05. The lowest BCUT2D eigenvalue weighted by Gasteiger charge is -2.09. The van der Waals surface area contributed by atoms with Crippen molar-refractivity contribution >= 4 is 64.9 Å². The molecule has 0 N–H and O–H groups in total. The van der Waals surface area contributed by atoms with Gasteiger partial charge in [-0.3, -0.25) is 0 Å². The highest BCUT2D eigenvalue weighted by atomic mass is 127. The summed E-state index contributed by atoms with van der Waals surface area (Å²) in [6, 6.07) is 0. The van der Waals surface area contributed by atoms with Crippen LogP contribution in [0.5, 0.6) is 0 Å². The maximum atomic E-state index is 12.6. The number of nitrogens with zero attached hydrogens (tertiary/aromatic N) is 1. The minimum absolute atomic E-state index is 0.0674. The van der Waals surface area contributed by atoms with Crippen molar-refractivity contribution in [1.82, 2.24) is 4.98 Å². The number of pyridine rings is 1. The molecule has 0 aromatic carbocycles. The Morgan fingerprint density at radius 2 is 1.93 bits per heavy atom.